The highest BCUT2D eigenvalue weighted by atomic mass is 35.5. The molecule has 98 valence electrons. The van der Waals surface area contributed by atoms with E-state index in [9.17, 15) is 9.18 Å². The minimum absolute atomic E-state index is 0.0282. The smallest absolute Gasteiger partial charge is 0.244 e. The standard InChI is InChI=1S/C12H14ClFN2O2/c1-7-11(15-4-5-18-7)12(17)16-8-2-3-9(13)10(14)6-8/h2-3,6-7,11,15H,4-5H2,1H3,(H,16,17)/t7-,11+/m1/s1. The first-order valence-electron chi connectivity index (χ1n) is 5.69. The number of rotatable bonds is 2. The van der Waals surface area contributed by atoms with E-state index >= 15 is 0 Å². The Morgan fingerprint density at radius 1 is 1.61 bits per heavy atom. The number of carbonyl (C=O) groups excluding carboxylic acids is 1. The lowest BCUT2D eigenvalue weighted by molar-refractivity contribution is -0.123. The van der Waals surface area contributed by atoms with E-state index in [1.165, 1.54) is 12.1 Å². The summed E-state index contributed by atoms with van der Waals surface area (Å²) < 4.78 is 18.6. The highest BCUT2D eigenvalue weighted by molar-refractivity contribution is 6.30. The SMILES string of the molecule is C[C@H]1OCCN[C@@H]1C(=O)Nc1ccc(Cl)c(F)c1. The van der Waals surface area contributed by atoms with Gasteiger partial charge in [0, 0.05) is 12.2 Å². The molecule has 0 aromatic heterocycles. The van der Waals surface area contributed by atoms with E-state index in [1.54, 1.807) is 6.07 Å². The van der Waals surface area contributed by atoms with E-state index in [4.69, 9.17) is 16.3 Å². The van der Waals surface area contributed by atoms with Crippen LogP contribution < -0.4 is 10.6 Å². The second kappa shape index (κ2) is 5.65. The minimum atomic E-state index is -0.560. The summed E-state index contributed by atoms with van der Waals surface area (Å²) in [4.78, 5) is 12.0. The van der Waals surface area contributed by atoms with Gasteiger partial charge in [-0.05, 0) is 25.1 Å². The summed E-state index contributed by atoms with van der Waals surface area (Å²) in [6, 6.07) is 3.71. The molecule has 1 amide bonds. The molecule has 0 spiro atoms. The fourth-order valence-electron chi connectivity index (χ4n) is 1.82. The Kier molecular flexibility index (Phi) is 4.16. The normalized spacial score (nSPS) is 23.7. The molecule has 1 aromatic rings. The predicted molar refractivity (Wildman–Crippen MR) is 67.2 cm³/mol. The highest BCUT2D eigenvalue weighted by Gasteiger charge is 2.28. The molecule has 18 heavy (non-hydrogen) atoms. The largest absolute Gasteiger partial charge is 0.375 e. The molecule has 0 aliphatic carbocycles. The first kappa shape index (κ1) is 13.3. The van der Waals surface area contributed by atoms with Crippen molar-refractivity contribution in [2.75, 3.05) is 18.5 Å². The quantitative estimate of drug-likeness (QED) is 0.863. The van der Waals surface area contributed by atoms with Crippen molar-refractivity contribution in [1.82, 2.24) is 5.32 Å². The molecule has 6 heteroatoms. The Bertz CT molecular complexity index is 456. The third-order valence-corrected chi connectivity index (χ3v) is 3.09. The van der Waals surface area contributed by atoms with Gasteiger partial charge in [-0.2, -0.15) is 0 Å². The van der Waals surface area contributed by atoms with Crippen LogP contribution in [0.2, 0.25) is 5.02 Å². The molecule has 1 fully saturated rings. The summed E-state index contributed by atoms with van der Waals surface area (Å²) in [5, 5.41) is 5.72. The van der Waals surface area contributed by atoms with Crippen LogP contribution in [0.1, 0.15) is 6.92 Å². The first-order chi connectivity index (χ1) is 8.58. The van der Waals surface area contributed by atoms with Gasteiger partial charge in [-0.15, -0.1) is 0 Å². The molecule has 2 N–H and O–H groups in total. The van der Waals surface area contributed by atoms with Gasteiger partial charge in [0.25, 0.3) is 0 Å². The second-order valence-electron chi connectivity index (χ2n) is 4.13. The molecule has 4 nitrogen and oxygen atoms in total. The number of hydrogen-bond acceptors (Lipinski definition) is 3. The molecule has 1 aromatic carbocycles. The lowest BCUT2D eigenvalue weighted by Gasteiger charge is -2.29. The zero-order valence-corrected chi connectivity index (χ0v) is 10.6. The average molecular weight is 273 g/mol. The number of nitrogens with one attached hydrogen (secondary N) is 2. The zero-order chi connectivity index (χ0) is 13.1. The number of anilines is 1. The van der Waals surface area contributed by atoms with Gasteiger partial charge in [0.05, 0.1) is 17.7 Å². The van der Waals surface area contributed by atoms with Crippen LogP contribution in [0.15, 0.2) is 18.2 Å². The van der Waals surface area contributed by atoms with Gasteiger partial charge in [-0.25, -0.2) is 4.39 Å². The number of morpholine rings is 1. The third kappa shape index (κ3) is 2.98. The number of halogens is 2. The molecule has 2 rings (SSSR count). The van der Waals surface area contributed by atoms with Crippen LogP contribution in [0.3, 0.4) is 0 Å². The maximum Gasteiger partial charge on any atom is 0.244 e. The Hall–Kier alpha value is -1.17. The predicted octanol–water partition coefficient (Wildman–Crippen LogP) is 1.79. The van der Waals surface area contributed by atoms with E-state index < -0.39 is 11.9 Å². The first-order valence-corrected chi connectivity index (χ1v) is 6.06. The molecule has 0 saturated carbocycles. The van der Waals surface area contributed by atoms with E-state index in [0.717, 1.165) is 0 Å². The Balaban J connectivity index is 2.04. The van der Waals surface area contributed by atoms with Crippen molar-refractivity contribution >= 4 is 23.2 Å². The molecule has 1 saturated heterocycles. The lowest BCUT2D eigenvalue weighted by Crippen LogP contribution is -2.53. The third-order valence-electron chi connectivity index (χ3n) is 2.79. The van der Waals surface area contributed by atoms with E-state index in [0.29, 0.717) is 18.8 Å². The van der Waals surface area contributed by atoms with Crippen molar-refractivity contribution in [2.45, 2.75) is 19.1 Å². The van der Waals surface area contributed by atoms with Crippen LogP contribution >= 0.6 is 11.6 Å². The van der Waals surface area contributed by atoms with Gasteiger partial charge in [0.15, 0.2) is 0 Å². The molecule has 1 aliphatic rings. The maximum atomic E-state index is 13.2. The summed E-state index contributed by atoms with van der Waals surface area (Å²) >= 11 is 5.57. The number of benzene rings is 1. The lowest BCUT2D eigenvalue weighted by atomic mass is 10.1. The fraction of sp³-hybridized carbons (Fsp3) is 0.417. The number of amides is 1. The Morgan fingerprint density at radius 2 is 2.39 bits per heavy atom. The molecule has 1 aliphatic heterocycles. The number of carbonyl (C=O) groups is 1. The maximum absolute atomic E-state index is 13.2. The van der Waals surface area contributed by atoms with Crippen LogP contribution in [0, 0.1) is 5.82 Å². The second-order valence-corrected chi connectivity index (χ2v) is 4.53. The molecule has 0 bridgehead atoms. The Morgan fingerprint density at radius 3 is 3.06 bits per heavy atom. The summed E-state index contributed by atoms with van der Waals surface area (Å²) in [6.45, 7) is 3.02. The van der Waals surface area contributed by atoms with Gasteiger partial charge in [-0.3, -0.25) is 4.79 Å². The topological polar surface area (TPSA) is 50.4 Å². The van der Waals surface area contributed by atoms with Crippen molar-refractivity contribution in [3.63, 3.8) is 0 Å². The minimum Gasteiger partial charge on any atom is -0.375 e. The molecule has 2 atom stereocenters. The van der Waals surface area contributed by atoms with Crippen molar-refractivity contribution in [3.05, 3.63) is 29.0 Å². The molecular weight excluding hydrogens is 259 g/mol. The van der Waals surface area contributed by atoms with E-state index in [2.05, 4.69) is 10.6 Å². The molecular formula is C12H14ClFN2O2. The van der Waals surface area contributed by atoms with Gasteiger partial charge in [0.1, 0.15) is 11.9 Å². The zero-order valence-electron chi connectivity index (χ0n) is 9.87. The summed E-state index contributed by atoms with van der Waals surface area (Å²) in [5.74, 6) is -0.806. The van der Waals surface area contributed by atoms with Crippen molar-refractivity contribution in [1.29, 1.82) is 0 Å². The van der Waals surface area contributed by atoms with Crippen molar-refractivity contribution in [2.24, 2.45) is 0 Å². The molecule has 1 heterocycles. The van der Waals surface area contributed by atoms with Gasteiger partial charge >= 0.3 is 0 Å². The average Bonchev–Trinajstić information content (AvgIpc) is 2.34. The van der Waals surface area contributed by atoms with E-state index in [1.807, 2.05) is 6.92 Å². The monoisotopic (exact) mass is 272 g/mol. The van der Waals surface area contributed by atoms with Crippen LogP contribution in [0.5, 0.6) is 0 Å². The Labute approximate surface area is 109 Å². The van der Waals surface area contributed by atoms with Gasteiger partial charge in [-0.1, -0.05) is 11.6 Å². The van der Waals surface area contributed by atoms with Crippen LogP contribution in [-0.2, 0) is 9.53 Å². The van der Waals surface area contributed by atoms with Crippen molar-refractivity contribution < 1.29 is 13.9 Å². The fourth-order valence-corrected chi connectivity index (χ4v) is 1.94. The van der Waals surface area contributed by atoms with Crippen LogP contribution in [0.4, 0.5) is 10.1 Å². The van der Waals surface area contributed by atoms with Gasteiger partial charge in [0.2, 0.25) is 5.91 Å². The van der Waals surface area contributed by atoms with E-state index in [-0.39, 0.29) is 17.0 Å². The summed E-state index contributed by atoms with van der Waals surface area (Å²) in [6.07, 6.45) is -0.212. The number of hydrogen-bond donors (Lipinski definition) is 2. The highest BCUT2D eigenvalue weighted by Crippen LogP contribution is 2.19. The van der Waals surface area contributed by atoms with Gasteiger partial charge < -0.3 is 15.4 Å². The van der Waals surface area contributed by atoms with Crippen LogP contribution in [0.25, 0.3) is 0 Å². The molecule has 0 radical (unpaired) electrons. The number of ether oxygens (including phenoxy) is 1. The molecule has 0 unspecified atom stereocenters. The summed E-state index contributed by atoms with van der Waals surface area (Å²) in [5.41, 5.74) is 0.376. The van der Waals surface area contributed by atoms with Crippen LogP contribution in [-0.4, -0.2) is 31.2 Å². The van der Waals surface area contributed by atoms with Crippen molar-refractivity contribution in [3.8, 4) is 0 Å². The summed E-state index contributed by atoms with van der Waals surface area (Å²) in [7, 11) is 0.